The van der Waals surface area contributed by atoms with Gasteiger partial charge in [-0.15, -0.1) is 11.3 Å². The number of hydrogen-bond acceptors (Lipinski definition) is 9. The van der Waals surface area contributed by atoms with Crippen LogP contribution in [0.2, 0.25) is 0 Å². The van der Waals surface area contributed by atoms with Crippen LogP contribution in [-0.4, -0.2) is 49.0 Å². The van der Waals surface area contributed by atoms with Crippen molar-refractivity contribution >= 4 is 34.1 Å². The standard InChI is InChI=1S/C20H20F5N7O2S2/c1-10-28-17(15(35-10)12-6-8-27-19(30-12)29-11-3-2-7-26-9-11)34-13-4-5-14(32-36(33)18(21)22)31-16(13)20(23,24)25/h4-6,8,11,18,26H,2-3,7,9H2,1H3,(H,31,32)(H,27,29,30). The summed E-state index contributed by atoms with van der Waals surface area (Å²) >= 11 is 1.17. The zero-order chi connectivity index (χ0) is 25.9. The Morgan fingerprint density at radius 2 is 2.03 bits per heavy atom. The summed E-state index contributed by atoms with van der Waals surface area (Å²) in [6, 6.07) is 3.57. The van der Waals surface area contributed by atoms with Crippen LogP contribution in [0.5, 0.6) is 11.6 Å². The van der Waals surface area contributed by atoms with Gasteiger partial charge in [0.15, 0.2) is 22.4 Å². The van der Waals surface area contributed by atoms with Gasteiger partial charge in [-0.05, 0) is 44.5 Å². The summed E-state index contributed by atoms with van der Waals surface area (Å²) in [7, 11) is -2.92. The fourth-order valence-corrected chi connectivity index (χ4v) is 4.62. The summed E-state index contributed by atoms with van der Waals surface area (Å²) in [5, 5.41) is 7.03. The molecule has 1 aliphatic heterocycles. The predicted octanol–water partition coefficient (Wildman–Crippen LogP) is 4.58. The van der Waals surface area contributed by atoms with E-state index in [4.69, 9.17) is 4.74 Å². The topological polar surface area (TPSA) is 114 Å². The second-order valence-electron chi connectivity index (χ2n) is 7.62. The van der Waals surface area contributed by atoms with E-state index >= 15 is 0 Å². The predicted molar refractivity (Wildman–Crippen MR) is 124 cm³/mol. The molecule has 3 aromatic heterocycles. The van der Waals surface area contributed by atoms with Crippen LogP contribution < -0.4 is 20.1 Å². The van der Waals surface area contributed by atoms with Crippen LogP contribution in [0.4, 0.5) is 33.7 Å². The fourth-order valence-electron chi connectivity index (χ4n) is 3.39. The third-order valence-corrected chi connectivity index (χ3v) is 6.63. The lowest BCUT2D eigenvalue weighted by Crippen LogP contribution is -2.38. The highest BCUT2D eigenvalue weighted by Crippen LogP contribution is 2.41. The summed E-state index contributed by atoms with van der Waals surface area (Å²) in [5.74, 6) is -4.43. The number of anilines is 2. The number of pyridine rings is 1. The first-order chi connectivity index (χ1) is 17.1. The third-order valence-electron chi connectivity index (χ3n) is 4.92. The minimum absolute atomic E-state index is 0.134. The first-order valence-corrected chi connectivity index (χ1v) is 12.6. The first kappa shape index (κ1) is 26.1. The average molecular weight is 550 g/mol. The van der Waals surface area contributed by atoms with E-state index < -0.39 is 40.2 Å². The zero-order valence-corrected chi connectivity index (χ0v) is 20.2. The van der Waals surface area contributed by atoms with Gasteiger partial charge < -0.3 is 15.4 Å². The third kappa shape index (κ3) is 6.41. The van der Waals surface area contributed by atoms with Crippen molar-refractivity contribution in [2.24, 2.45) is 0 Å². The van der Waals surface area contributed by atoms with E-state index in [9.17, 15) is 26.2 Å². The zero-order valence-electron chi connectivity index (χ0n) is 18.6. The van der Waals surface area contributed by atoms with Crippen LogP contribution in [0.3, 0.4) is 0 Å². The SMILES string of the molecule is Cc1nc(Oc2ccc(NS(=O)C(F)F)nc2C(F)(F)F)c(-c2ccnc(NC3CCCNC3)n2)s1. The number of halogens is 5. The van der Waals surface area contributed by atoms with E-state index in [0.717, 1.165) is 38.1 Å². The summed E-state index contributed by atoms with van der Waals surface area (Å²) in [6.07, 6.45) is -1.53. The van der Waals surface area contributed by atoms with Gasteiger partial charge in [-0.1, -0.05) is 0 Å². The van der Waals surface area contributed by atoms with Crippen molar-refractivity contribution in [1.29, 1.82) is 0 Å². The van der Waals surface area contributed by atoms with Crippen molar-refractivity contribution in [1.82, 2.24) is 25.3 Å². The smallest absolute Gasteiger partial charge is 0.435 e. The molecule has 4 rings (SSSR count). The molecule has 0 amide bonds. The van der Waals surface area contributed by atoms with Gasteiger partial charge in [0.1, 0.15) is 10.7 Å². The number of alkyl halides is 5. The van der Waals surface area contributed by atoms with Crippen LogP contribution in [-0.2, 0) is 17.2 Å². The quantitative estimate of drug-likeness (QED) is 0.350. The van der Waals surface area contributed by atoms with E-state index in [0.29, 0.717) is 21.5 Å². The highest BCUT2D eigenvalue weighted by atomic mass is 32.2. The number of thiazole rings is 1. The van der Waals surface area contributed by atoms with Gasteiger partial charge in [0.25, 0.3) is 0 Å². The fraction of sp³-hybridized carbons (Fsp3) is 0.400. The molecule has 1 aliphatic rings. The maximum atomic E-state index is 13.7. The molecule has 0 spiro atoms. The van der Waals surface area contributed by atoms with Crippen LogP contribution >= 0.6 is 11.3 Å². The Morgan fingerprint density at radius 1 is 1.22 bits per heavy atom. The molecular weight excluding hydrogens is 529 g/mol. The average Bonchev–Trinajstić information content (AvgIpc) is 3.20. The summed E-state index contributed by atoms with van der Waals surface area (Å²) in [4.78, 5) is 16.6. The molecule has 0 bridgehead atoms. The van der Waals surface area contributed by atoms with Crippen LogP contribution in [0.1, 0.15) is 23.5 Å². The maximum absolute atomic E-state index is 13.7. The Bertz CT molecular complexity index is 1240. The number of ether oxygens (including phenoxy) is 1. The van der Waals surface area contributed by atoms with Crippen molar-refractivity contribution < 1.29 is 30.9 Å². The van der Waals surface area contributed by atoms with Crippen molar-refractivity contribution in [3.05, 3.63) is 35.1 Å². The van der Waals surface area contributed by atoms with E-state index in [1.807, 2.05) is 0 Å². The highest BCUT2D eigenvalue weighted by molar-refractivity contribution is 7.86. The lowest BCUT2D eigenvalue weighted by Gasteiger charge is -2.23. The number of nitrogens with one attached hydrogen (secondary N) is 3. The Labute approximate surface area is 208 Å². The lowest BCUT2D eigenvalue weighted by molar-refractivity contribution is -0.142. The Hall–Kier alpha value is -2.98. The second-order valence-corrected chi connectivity index (χ2v) is 9.98. The van der Waals surface area contributed by atoms with Crippen molar-refractivity contribution in [2.75, 3.05) is 23.1 Å². The molecule has 0 aliphatic carbocycles. The second kappa shape index (κ2) is 11.0. The normalized spacial score (nSPS) is 17.1. The molecule has 16 heteroatoms. The van der Waals surface area contributed by atoms with Crippen molar-refractivity contribution in [3.8, 4) is 22.2 Å². The van der Waals surface area contributed by atoms with Crippen LogP contribution in [0.25, 0.3) is 10.6 Å². The van der Waals surface area contributed by atoms with Crippen LogP contribution in [0.15, 0.2) is 24.4 Å². The van der Waals surface area contributed by atoms with Crippen LogP contribution in [0, 0.1) is 6.92 Å². The molecule has 0 saturated carbocycles. The van der Waals surface area contributed by atoms with Gasteiger partial charge in [-0.25, -0.2) is 24.1 Å². The van der Waals surface area contributed by atoms with Gasteiger partial charge in [-0.3, -0.25) is 4.72 Å². The summed E-state index contributed by atoms with van der Waals surface area (Å²) < 4.78 is 84.6. The Balaban J connectivity index is 1.62. The molecule has 3 aromatic rings. The molecule has 0 radical (unpaired) electrons. The van der Waals surface area contributed by atoms with Gasteiger partial charge in [0, 0.05) is 18.8 Å². The van der Waals surface area contributed by atoms with Gasteiger partial charge in [0.2, 0.25) is 11.8 Å². The van der Waals surface area contributed by atoms with E-state index in [1.54, 1.807) is 17.7 Å². The number of aryl methyl sites for hydroxylation is 1. The molecule has 0 aromatic carbocycles. The summed E-state index contributed by atoms with van der Waals surface area (Å²) in [5.41, 5.74) is -1.10. The molecular formula is C20H20F5N7O2S2. The number of hydrogen-bond donors (Lipinski definition) is 3. The Morgan fingerprint density at radius 3 is 2.72 bits per heavy atom. The lowest BCUT2D eigenvalue weighted by atomic mass is 10.1. The molecule has 3 N–H and O–H groups in total. The summed E-state index contributed by atoms with van der Waals surface area (Å²) in [6.45, 7) is 3.35. The number of rotatable bonds is 8. The molecule has 1 fully saturated rings. The molecule has 194 valence electrons. The van der Waals surface area contributed by atoms with Crippen molar-refractivity contribution in [2.45, 2.75) is 37.7 Å². The minimum atomic E-state index is -5.00. The van der Waals surface area contributed by atoms with E-state index in [1.165, 1.54) is 17.5 Å². The van der Waals surface area contributed by atoms with Gasteiger partial charge in [0.05, 0.1) is 10.7 Å². The van der Waals surface area contributed by atoms with Gasteiger partial charge >= 0.3 is 11.9 Å². The van der Waals surface area contributed by atoms with E-state index in [2.05, 4.69) is 30.6 Å². The largest absolute Gasteiger partial charge is 0.437 e. The minimum Gasteiger partial charge on any atom is -0.435 e. The molecule has 36 heavy (non-hydrogen) atoms. The maximum Gasteiger partial charge on any atom is 0.437 e. The number of aromatic nitrogens is 4. The van der Waals surface area contributed by atoms with Crippen molar-refractivity contribution in [3.63, 3.8) is 0 Å². The Kier molecular flexibility index (Phi) is 7.94. The molecule has 4 heterocycles. The van der Waals surface area contributed by atoms with E-state index in [-0.39, 0.29) is 11.9 Å². The highest BCUT2D eigenvalue weighted by Gasteiger charge is 2.38. The van der Waals surface area contributed by atoms with Gasteiger partial charge in [-0.2, -0.15) is 22.0 Å². The molecule has 9 nitrogen and oxygen atoms in total. The molecule has 1 saturated heterocycles. The number of piperidine rings is 1. The molecule has 2 unspecified atom stereocenters. The number of nitrogens with zero attached hydrogens (tertiary/aromatic N) is 4. The first-order valence-electron chi connectivity index (χ1n) is 10.6. The monoisotopic (exact) mass is 549 g/mol. The molecule has 2 atom stereocenters.